The predicted octanol–water partition coefficient (Wildman–Crippen LogP) is 3.57. The Labute approximate surface area is 470 Å². The molecule has 0 aliphatic carbocycles. The van der Waals surface area contributed by atoms with Crippen LogP contribution in [0.15, 0.2) is 76.7 Å². The minimum Gasteiger partial charge on any atom is -0.491 e. The third kappa shape index (κ3) is 28.2. The first-order chi connectivity index (χ1) is 38.3. The van der Waals surface area contributed by atoms with Crippen LogP contribution in [0.4, 0.5) is 26.9 Å². The maximum absolute atomic E-state index is 12.3. The number of carbonyl (C=O) groups is 4. The lowest BCUT2D eigenvalue weighted by molar-refractivity contribution is 0.0377. The second kappa shape index (κ2) is 38.2. The van der Waals surface area contributed by atoms with Gasteiger partial charge in [-0.05, 0) is 105 Å². The van der Waals surface area contributed by atoms with Gasteiger partial charge in [0.05, 0.1) is 63.6 Å². The maximum atomic E-state index is 12.3. The van der Waals surface area contributed by atoms with Crippen LogP contribution >= 0.6 is 23.2 Å². The Hall–Kier alpha value is -7.42. The zero-order chi connectivity index (χ0) is 56.9. The topological polar surface area (TPSA) is 376 Å². The number of aliphatic imine (C=N–C) groups is 2. The van der Waals surface area contributed by atoms with Crippen molar-refractivity contribution < 1.29 is 47.6 Å². The third-order valence-electron chi connectivity index (χ3n) is 11.0. The number of hydrogen-bond donors (Lipinski definition) is 11. The van der Waals surface area contributed by atoms with E-state index in [0.717, 1.165) is 55.6 Å². The van der Waals surface area contributed by atoms with Gasteiger partial charge in [-0.1, -0.05) is 47.5 Å². The van der Waals surface area contributed by atoms with Gasteiger partial charge in [-0.2, -0.15) is 0 Å². The zero-order valence-corrected chi connectivity index (χ0v) is 45.8. The second-order valence-electron chi connectivity index (χ2n) is 17.2. The number of benzene rings is 3. The third-order valence-corrected chi connectivity index (χ3v) is 11.6. The molecule has 432 valence electrons. The number of unbranched alkanes of at least 4 members (excludes halogenated alkanes) is 3. The molecule has 0 fully saturated rings. The first kappa shape index (κ1) is 64.1. The molecule has 4 rings (SSSR count). The zero-order valence-electron chi connectivity index (χ0n) is 44.3. The van der Waals surface area contributed by atoms with Crippen LogP contribution in [-0.2, 0) is 31.8 Å². The van der Waals surface area contributed by atoms with Crippen LogP contribution in [0.1, 0.15) is 70.5 Å². The van der Waals surface area contributed by atoms with Crippen molar-refractivity contribution in [3.8, 4) is 11.5 Å². The number of anilines is 3. The highest BCUT2D eigenvalue weighted by Gasteiger charge is 2.17. The van der Waals surface area contributed by atoms with Gasteiger partial charge in [-0.3, -0.25) is 30.2 Å². The molecule has 0 saturated heterocycles. The number of amides is 6. The number of guanidine groups is 2. The molecule has 4 aromatic rings. The molecule has 0 bridgehead atoms. The van der Waals surface area contributed by atoms with Gasteiger partial charge >= 0.3 is 12.1 Å². The van der Waals surface area contributed by atoms with Crippen LogP contribution in [0.25, 0.3) is 0 Å². The number of aromatic nitrogens is 2. The van der Waals surface area contributed by atoms with Gasteiger partial charge in [0.15, 0.2) is 34.4 Å². The Balaban J connectivity index is 0.843. The number of halogens is 2. The maximum Gasteiger partial charge on any atom is 0.314 e. The van der Waals surface area contributed by atoms with Crippen LogP contribution in [0.5, 0.6) is 11.5 Å². The van der Waals surface area contributed by atoms with Crippen LogP contribution in [0.2, 0.25) is 10.2 Å². The van der Waals surface area contributed by atoms with E-state index in [1.807, 2.05) is 48.5 Å². The van der Waals surface area contributed by atoms with E-state index in [2.05, 4.69) is 51.9 Å². The molecule has 3 aromatic carbocycles. The summed E-state index contributed by atoms with van der Waals surface area (Å²) in [4.78, 5) is 64.8. The smallest absolute Gasteiger partial charge is 0.314 e. The lowest BCUT2D eigenvalue weighted by atomic mass is 10.1. The second-order valence-corrected chi connectivity index (χ2v) is 18.0. The molecule has 6 amide bonds. The Morgan fingerprint density at radius 2 is 0.937 bits per heavy atom. The average molecular weight is 1140 g/mol. The highest BCUT2D eigenvalue weighted by atomic mass is 35.5. The Morgan fingerprint density at radius 1 is 0.494 bits per heavy atom. The number of carbonyl (C=O) groups excluding carboxylic acids is 4. The van der Waals surface area contributed by atoms with E-state index in [9.17, 15) is 19.2 Å². The number of nitrogens with zero attached hydrogens (tertiary/aromatic N) is 4. The van der Waals surface area contributed by atoms with Crippen LogP contribution < -0.4 is 70.0 Å². The van der Waals surface area contributed by atoms with Gasteiger partial charge in [-0.25, -0.2) is 19.6 Å². The van der Waals surface area contributed by atoms with Crippen molar-refractivity contribution in [1.29, 1.82) is 0 Å². The quantitative estimate of drug-likeness (QED) is 0.0133. The summed E-state index contributed by atoms with van der Waals surface area (Å²) in [6.07, 6.45) is 6.39. The summed E-state index contributed by atoms with van der Waals surface area (Å²) in [6.45, 7) is 6.35. The fourth-order valence-corrected chi connectivity index (χ4v) is 7.15. The monoisotopic (exact) mass is 1140 g/mol. The summed E-state index contributed by atoms with van der Waals surface area (Å²) in [5.41, 5.74) is 31.5. The SMILES string of the molecule is NC(=NCCCCc1ccc(OCCOCCOCCNC(=O)NCCCCNC(=O)NCCOCCOCCOc2ccc(CCCCN=C(N)NC(=O)c3nc(Cl)c(N)nc3N)cc2)cc1)NC(=O)c1ccc(N)c(Cl)c1. The Morgan fingerprint density at radius 3 is 1.42 bits per heavy atom. The predicted molar refractivity (Wildman–Crippen MR) is 305 cm³/mol. The number of ether oxygens (including phenoxy) is 6. The van der Waals surface area contributed by atoms with Crippen LogP contribution in [-0.4, -0.2) is 151 Å². The van der Waals surface area contributed by atoms with E-state index < -0.39 is 11.8 Å². The minimum atomic E-state index is -0.687. The van der Waals surface area contributed by atoms with E-state index in [-0.39, 0.29) is 46.5 Å². The molecule has 0 unspecified atom stereocenters. The summed E-state index contributed by atoms with van der Waals surface area (Å²) in [5, 5.41) is 16.2. The molecule has 25 nitrogen and oxygen atoms in total. The molecule has 1 heterocycles. The molecule has 0 radical (unpaired) electrons. The van der Waals surface area contributed by atoms with Crippen molar-refractivity contribution in [3.63, 3.8) is 0 Å². The van der Waals surface area contributed by atoms with Gasteiger partial charge in [-0.15, -0.1) is 0 Å². The van der Waals surface area contributed by atoms with Gasteiger partial charge in [0.1, 0.15) is 24.7 Å². The van der Waals surface area contributed by atoms with Gasteiger partial charge in [0, 0.05) is 44.8 Å². The summed E-state index contributed by atoms with van der Waals surface area (Å²) in [5.74, 6) is 0.123. The fraction of sp³-hybridized carbons (Fsp3) is 0.462. The summed E-state index contributed by atoms with van der Waals surface area (Å²) >= 11 is 11.8. The molecule has 0 aliphatic rings. The van der Waals surface area contributed by atoms with Gasteiger partial charge < -0.3 is 78.4 Å². The van der Waals surface area contributed by atoms with E-state index in [1.165, 1.54) is 11.6 Å². The first-order valence-electron chi connectivity index (χ1n) is 25.9. The fourth-order valence-electron chi connectivity index (χ4n) is 6.84. The van der Waals surface area contributed by atoms with Crippen molar-refractivity contribution in [1.82, 2.24) is 41.9 Å². The van der Waals surface area contributed by atoms with Crippen molar-refractivity contribution in [2.45, 2.75) is 51.4 Å². The van der Waals surface area contributed by atoms with Crippen molar-refractivity contribution in [3.05, 3.63) is 99.3 Å². The number of nitrogens with two attached hydrogens (primary N) is 5. The van der Waals surface area contributed by atoms with E-state index in [0.29, 0.717) is 134 Å². The normalized spacial score (nSPS) is 11.4. The number of aryl methyl sites for hydroxylation is 2. The number of urea groups is 2. The van der Waals surface area contributed by atoms with Crippen molar-refractivity contribution >= 4 is 76.3 Å². The molecule has 16 N–H and O–H groups in total. The molecule has 0 aliphatic heterocycles. The lowest BCUT2D eigenvalue weighted by Crippen LogP contribution is -2.39. The number of nitrogens with one attached hydrogen (secondary N) is 6. The van der Waals surface area contributed by atoms with Crippen molar-refractivity contribution in [2.24, 2.45) is 21.5 Å². The molecule has 0 saturated carbocycles. The minimum absolute atomic E-state index is 0.0476. The van der Waals surface area contributed by atoms with E-state index in [4.69, 9.17) is 80.3 Å². The molecular formula is C52H75Cl2N15O10. The number of nitrogen functional groups attached to an aromatic ring is 3. The molecule has 27 heteroatoms. The molecule has 0 spiro atoms. The number of rotatable bonds is 37. The highest BCUT2D eigenvalue weighted by Crippen LogP contribution is 2.20. The summed E-state index contributed by atoms with van der Waals surface area (Å²) < 4.78 is 33.7. The van der Waals surface area contributed by atoms with Crippen LogP contribution in [0.3, 0.4) is 0 Å². The molecular weight excluding hydrogens is 1070 g/mol. The Bertz CT molecular complexity index is 2530. The Kier molecular flexibility index (Phi) is 31.0. The standard InChI is InChI=1S/C52H75Cl2N15O10/c53-41-35-38(13-18-42(41)55)47(70)68-49(58)60-19-3-1-7-36-9-14-39(15-10-36)78-33-31-76-29-27-74-25-23-64-51(72)62-21-5-6-22-63-52(73)65-24-26-75-28-30-77-32-34-79-40-16-11-37(12-17-40)8-2-4-20-61-50(59)69-48(71)43-45(56)67-46(57)44(54)66-43/h9-18,35H,1-8,19-34,55H2,(H4,56,57,67)(H2,62,64,72)(H2,63,65,73)(H3,58,60,68,70)(H3,59,61,69,71). The largest absolute Gasteiger partial charge is 0.491 e. The highest BCUT2D eigenvalue weighted by molar-refractivity contribution is 6.33. The summed E-state index contributed by atoms with van der Waals surface area (Å²) in [6, 6.07) is 19.7. The van der Waals surface area contributed by atoms with Gasteiger partial charge in [0.2, 0.25) is 0 Å². The first-order valence-corrected chi connectivity index (χ1v) is 26.7. The van der Waals surface area contributed by atoms with Crippen LogP contribution in [0, 0.1) is 0 Å². The average Bonchev–Trinajstić information content (AvgIpc) is 3.43. The molecule has 0 atom stereocenters. The van der Waals surface area contributed by atoms with Crippen molar-refractivity contribution in [2.75, 3.05) is 123 Å². The number of hydrogen-bond acceptors (Lipinski definition) is 17. The summed E-state index contributed by atoms with van der Waals surface area (Å²) in [7, 11) is 0. The molecule has 1 aromatic heterocycles. The lowest BCUT2D eigenvalue weighted by Gasteiger charge is -2.10. The van der Waals surface area contributed by atoms with E-state index in [1.54, 1.807) is 12.1 Å². The van der Waals surface area contributed by atoms with E-state index >= 15 is 0 Å². The molecule has 79 heavy (non-hydrogen) atoms. The van der Waals surface area contributed by atoms with Gasteiger partial charge in [0.25, 0.3) is 11.8 Å².